The molecule has 178 valence electrons. The van der Waals surface area contributed by atoms with Gasteiger partial charge >= 0.3 is 0 Å². The SMILES string of the molecule is Cc1cccc(C)c1N(CC(=O)Nc1ccccc1C(=O)N[C@H](C)c1ccccc1)S(C)(=O)=O. The molecule has 0 aliphatic heterocycles. The minimum absolute atomic E-state index is 0.234. The number of hydrogen-bond donors (Lipinski definition) is 2. The van der Waals surface area contributed by atoms with Crippen LogP contribution >= 0.6 is 0 Å². The number of para-hydroxylation sites is 2. The van der Waals surface area contributed by atoms with Crippen LogP contribution in [0.2, 0.25) is 0 Å². The summed E-state index contributed by atoms with van der Waals surface area (Å²) in [6, 6.07) is 21.4. The van der Waals surface area contributed by atoms with Gasteiger partial charge in [0.05, 0.1) is 29.2 Å². The molecule has 0 aliphatic rings. The third kappa shape index (κ3) is 6.02. The Morgan fingerprint density at radius 2 is 1.47 bits per heavy atom. The largest absolute Gasteiger partial charge is 0.345 e. The van der Waals surface area contributed by atoms with E-state index in [2.05, 4.69) is 10.6 Å². The van der Waals surface area contributed by atoms with E-state index in [4.69, 9.17) is 0 Å². The number of sulfonamides is 1. The molecule has 0 saturated carbocycles. The van der Waals surface area contributed by atoms with Gasteiger partial charge in [0.25, 0.3) is 5.91 Å². The summed E-state index contributed by atoms with van der Waals surface area (Å²) < 4.78 is 26.2. The fourth-order valence-electron chi connectivity index (χ4n) is 3.77. The van der Waals surface area contributed by atoms with E-state index in [0.717, 1.165) is 27.3 Å². The van der Waals surface area contributed by atoms with Gasteiger partial charge in [0.1, 0.15) is 6.54 Å². The summed E-state index contributed by atoms with van der Waals surface area (Å²) in [4.78, 5) is 25.9. The zero-order valence-corrected chi connectivity index (χ0v) is 20.5. The predicted octanol–water partition coefficient (Wildman–Crippen LogP) is 4.20. The molecule has 0 bridgehead atoms. The summed E-state index contributed by atoms with van der Waals surface area (Å²) in [5.41, 5.74) is 3.51. The number of carbonyl (C=O) groups is 2. The maximum atomic E-state index is 13.0. The van der Waals surface area contributed by atoms with Gasteiger partial charge in [-0.1, -0.05) is 60.7 Å². The summed E-state index contributed by atoms with van der Waals surface area (Å²) in [5, 5.41) is 5.65. The Hall–Kier alpha value is -3.65. The highest BCUT2D eigenvalue weighted by molar-refractivity contribution is 7.92. The topological polar surface area (TPSA) is 95.6 Å². The van der Waals surface area contributed by atoms with Crippen molar-refractivity contribution in [2.75, 3.05) is 22.4 Å². The summed E-state index contributed by atoms with van der Waals surface area (Å²) in [6.45, 7) is 5.06. The lowest BCUT2D eigenvalue weighted by atomic mass is 10.1. The van der Waals surface area contributed by atoms with Crippen molar-refractivity contribution in [2.24, 2.45) is 0 Å². The molecule has 0 spiro atoms. The Labute approximate surface area is 200 Å². The van der Waals surface area contributed by atoms with E-state index in [-0.39, 0.29) is 17.5 Å². The molecule has 2 amide bonds. The third-order valence-electron chi connectivity index (χ3n) is 5.47. The number of hydrogen-bond acceptors (Lipinski definition) is 4. The molecule has 7 nitrogen and oxygen atoms in total. The molecule has 34 heavy (non-hydrogen) atoms. The van der Waals surface area contributed by atoms with Crippen LogP contribution in [0.3, 0.4) is 0 Å². The number of carbonyl (C=O) groups excluding carboxylic acids is 2. The Morgan fingerprint density at radius 3 is 2.09 bits per heavy atom. The molecule has 0 aliphatic carbocycles. The number of rotatable bonds is 8. The minimum Gasteiger partial charge on any atom is -0.345 e. The summed E-state index contributed by atoms with van der Waals surface area (Å²) in [6.07, 6.45) is 1.07. The molecular formula is C26H29N3O4S. The van der Waals surface area contributed by atoms with Crippen LogP contribution < -0.4 is 14.9 Å². The number of nitrogens with one attached hydrogen (secondary N) is 2. The van der Waals surface area contributed by atoms with E-state index < -0.39 is 22.5 Å². The smallest absolute Gasteiger partial charge is 0.253 e. The molecule has 3 aromatic rings. The third-order valence-corrected chi connectivity index (χ3v) is 6.58. The molecule has 2 N–H and O–H groups in total. The van der Waals surface area contributed by atoms with Crippen LogP contribution in [0.1, 0.15) is 40.0 Å². The van der Waals surface area contributed by atoms with Crippen LogP contribution in [-0.2, 0) is 14.8 Å². The van der Waals surface area contributed by atoms with Crippen molar-refractivity contribution < 1.29 is 18.0 Å². The Kier molecular flexibility index (Phi) is 7.73. The van der Waals surface area contributed by atoms with Gasteiger partial charge < -0.3 is 10.6 Å². The van der Waals surface area contributed by atoms with Crippen LogP contribution in [0, 0.1) is 13.8 Å². The van der Waals surface area contributed by atoms with Gasteiger partial charge in [-0.2, -0.15) is 0 Å². The van der Waals surface area contributed by atoms with Crippen molar-refractivity contribution >= 4 is 33.2 Å². The quantitative estimate of drug-likeness (QED) is 0.506. The Balaban J connectivity index is 1.80. The average molecular weight is 480 g/mol. The molecule has 0 heterocycles. The van der Waals surface area contributed by atoms with Crippen LogP contribution in [0.4, 0.5) is 11.4 Å². The number of aryl methyl sites for hydroxylation is 2. The van der Waals surface area contributed by atoms with E-state index in [1.165, 1.54) is 0 Å². The van der Waals surface area contributed by atoms with E-state index in [1.54, 1.807) is 50.2 Å². The second kappa shape index (κ2) is 10.5. The monoisotopic (exact) mass is 479 g/mol. The fraction of sp³-hybridized carbons (Fsp3) is 0.231. The molecule has 3 aromatic carbocycles. The molecule has 0 aromatic heterocycles. The number of nitrogens with zero attached hydrogens (tertiary/aromatic N) is 1. The normalized spacial score (nSPS) is 12.0. The second-order valence-corrected chi connectivity index (χ2v) is 10.1. The first-order chi connectivity index (χ1) is 16.1. The lowest BCUT2D eigenvalue weighted by molar-refractivity contribution is -0.114. The maximum Gasteiger partial charge on any atom is 0.253 e. The van der Waals surface area contributed by atoms with E-state index in [0.29, 0.717) is 11.4 Å². The van der Waals surface area contributed by atoms with Gasteiger partial charge in [-0.05, 0) is 49.6 Å². The first-order valence-corrected chi connectivity index (χ1v) is 12.7. The second-order valence-electron chi connectivity index (χ2n) is 8.21. The zero-order valence-electron chi connectivity index (χ0n) is 19.7. The van der Waals surface area contributed by atoms with E-state index in [9.17, 15) is 18.0 Å². The maximum absolute atomic E-state index is 13.0. The first kappa shape index (κ1) is 25.0. The fourth-order valence-corrected chi connectivity index (χ4v) is 4.74. The molecule has 3 rings (SSSR count). The highest BCUT2D eigenvalue weighted by Crippen LogP contribution is 2.27. The lowest BCUT2D eigenvalue weighted by Gasteiger charge is -2.25. The van der Waals surface area contributed by atoms with Gasteiger partial charge in [0.15, 0.2) is 0 Å². The molecule has 0 saturated heterocycles. The minimum atomic E-state index is -3.73. The molecule has 8 heteroatoms. The van der Waals surface area contributed by atoms with Gasteiger partial charge in [-0.3, -0.25) is 13.9 Å². The molecular weight excluding hydrogens is 450 g/mol. The van der Waals surface area contributed by atoms with Gasteiger partial charge in [-0.15, -0.1) is 0 Å². The zero-order chi connectivity index (χ0) is 24.9. The highest BCUT2D eigenvalue weighted by Gasteiger charge is 2.25. The van der Waals surface area contributed by atoms with Crippen molar-refractivity contribution in [3.05, 3.63) is 95.1 Å². The number of benzene rings is 3. The standard InChI is InChI=1S/C26H29N3O4S/c1-18-11-10-12-19(2)25(18)29(34(4,32)33)17-24(30)28-23-16-9-8-15-22(23)26(31)27-20(3)21-13-6-5-7-14-21/h5-16,20H,17H2,1-4H3,(H,27,31)(H,28,30)/t20-/m1/s1. The van der Waals surface area contributed by atoms with E-state index in [1.807, 2.05) is 43.3 Å². The summed E-state index contributed by atoms with van der Waals surface area (Å²) >= 11 is 0. The summed E-state index contributed by atoms with van der Waals surface area (Å²) in [5.74, 6) is -0.897. The van der Waals surface area contributed by atoms with Crippen molar-refractivity contribution in [1.29, 1.82) is 0 Å². The van der Waals surface area contributed by atoms with Crippen LogP contribution in [-0.4, -0.2) is 33.0 Å². The van der Waals surface area contributed by atoms with Crippen molar-refractivity contribution in [3.63, 3.8) is 0 Å². The lowest BCUT2D eigenvalue weighted by Crippen LogP contribution is -2.38. The molecule has 0 unspecified atom stereocenters. The van der Waals surface area contributed by atoms with Crippen molar-refractivity contribution in [1.82, 2.24) is 5.32 Å². The van der Waals surface area contributed by atoms with Gasteiger partial charge in [0, 0.05) is 0 Å². The molecule has 0 radical (unpaired) electrons. The highest BCUT2D eigenvalue weighted by atomic mass is 32.2. The van der Waals surface area contributed by atoms with Crippen LogP contribution in [0.25, 0.3) is 0 Å². The predicted molar refractivity (Wildman–Crippen MR) is 136 cm³/mol. The van der Waals surface area contributed by atoms with Crippen molar-refractivity contribution in [2.45, 2.75) is 26.8 Å². The number of anilines is 2. The molecule has 0 fully saturated rings. The van der Waals surface area contributed by atoms with Crippen molar-refractivity contribution in [3.8, 4) is 0 Å². The Bertz CT molecular complexity index is 1270. The average Bonchev–Trinajstić information content (AvgIpc) is 2.78. The Morgan fingerprint density at radius 1 is 0.882 bits per heavy atom. The van der Waals surface area contributed by atoms with Gasteiger partial charge in [-0.25, -0.2) is 8.42 Å². The summed E-state index contributed by atoms with van der Waals surface area (Å²) in [7, 11) is -3.73. The van der Waals surface area contributed by atoms with E-state index >= 15 is 0 Å². The van der Waals surface area contributed by atoms with Crippen LogP contribution in [0.5, 0.6) is 0 Å². The first-order valence-electron chi connectivity index (χ1n) is 10.9. The molecule has 1 atom stereocenters. The van der Waals surface area contributed by atoms with Crippen LogP contribution in [0.15, 0.2) is 72.8 Å². The number of amides is 2. The van der Waals surface area contributed by atoms with Gasteiger partial charge in [0.2, 0.25) is 15.9 Å².